The monoisotopic (exact) mass is 218 g/mol. The standard InChI is InChI=1S/C6H7BrN2O2/c1-3-4(2-5(10)11)8-9-6(3)7/h2H2,1H3,(H,8,9)(H,10,11). The van der Waals surface area contributed by atoms with Crippen LogP contribution >= 0.6 is 15.9 Å². The number of hydrogen-bond donors (Lipinski definition) is 2. The molecule has 0 aliphatic rings. The number of carboxylic acid groups (broad SMARTS) is 1. The minimum atomic E-state index is -0.857. The van der Waals surface area contributed by atoms with Gasteiger partial charge >= 0.3 is 5.97 Å². The third-order valence-electron chi connectivity index (χ3n) is 1.38. The smallest absolute Gasteiger partial charge is 0.309 e. The molecule has 0 atom stereocenters. The molecule has 0 aromatic carbocycles. The van der Waals surface area contributed by atoms with Crippen LogP contribution in [-0.4, -0.2) is 21.3 Å². The van der Waals surface area contributed by atoms with Crippen molar-refractivity contribution in [2.24, 2.45) is 0 Å². The van der Waals surface area contributed by atoms with E-state index in [0.29, 0.717) is 10.3 Å². The molecule has 0 amide bonds. The molecule has 0 aliphatic heterocycles. The van der Waals surface area contributed by atoms with Crippen LogP contribution in [0.4, 0.5) is 0 Å². The van der Waals surface area contributed by atoms with Crippen molar-refractivity contribution in [2.45, 2.75) is 13.3 Å². The summed E-state index contributed by atoms with van der Waals surface area (Å²) in [4.78, 5) is 10.3. The quantitative estimate of drug-likeness (QED) is 0.782. The number of aliphatic carboxylic acids is 1. The second-order valence-electron chi connectivity index (χ2n) is 2.19. The molecular formula is C6H7BrN2O2. The summed E-state index contributed by atoms with van der Waals surface area (Å²) in [5.41, 5.74) is 1.50. The number of carbonyl (C=O) groups is 1. The van der Waals surface area contributed by atoms with Gasteiger partial charge in [-0.25, -0.2) is 0 Å². The fourth-order valence-corrected chi connectivity index (χ4v) is 1.06. The molecule has 11 heavy (non-hydrogen) atoms. The van der Waals surface area contributed by atoms with Gasteiger partial charge in [-0.2, -0.15) is 5.10 Å². The molecule has 60 valence electrons. The lowest BCUT2D eigenvalue weighted by Gasteiger charge is -1.91. The summed E-state index contributed by atoms with van der Waals surface area (Å²) in [6.45, 7) is 1.81. The Balaban J connectivity index is 2.87. The maximum atomic E-state index is 10.3. The van der Waals surface area contributed by atoms with Crippen LogP contribution in [0.25, 0.3) is 0 Å². The van der Waals surface area contributed by atoms with Gasteiger partial charge in [-0.1, -0.05) is 0 Å². The minimum Gasteiger partial charge on any atom is -0.481 e. The number of nitrogens with zero attached hydrogens (tertiary/aromatic N) is 1. The summed E-state index contributed by atoms with van der Waals surface area (Å²) in [7, 11) is 0. The van der Waals surface area contributed by atoms with Crippen LogP contribution in [0.1, 0.15) is 11.3 Å². The molecule has 0 unspecified atom stereocenters. The van der Waals surface area contributed by atoms with Crippen molar-refractivity contribution in [1.82, 2.24) is 10.2 Å². The van der Waals surface area contributed by atoms with E-state index in [1.807, 2.05) is 6.92 Å². The lowest BCUT2D eigenvalue weighted by Crippen LogP contribution is -2.01. The molecule has 0 aliphatic carbocycles. The molecule has 0 bridgehead atoms. The van der Waals surface area contributed by atoms with Crippen LogP contribution in [0.5, 0.6) is 0 Å². The number of aromatic nitrogens is 2. The van der Waals surface area contributed by atoms with Gasteiger partial charge in [0.25, 0.3) is 0 Å². The Morgan fingerprint density at radius 3 is 2.82 bits per heavy atom. The van der Waals surface area contributed by atoms with Crippen LogP contribution in [0.15, 0.2) is 4.60 Å². The van der Waals surface area contributed by atoms with Gasteiger partial charge in [-0.05, 0) is 22.9 Å². The predicted octanol–water partition coefficient (Wildman–Crippen LogP) is 1.11. The van der Waals surface area contributed by atoms with Crippen LogP contribution in [0.3, 0.4) is 0 Å². The lowest BCUT2D eigenvalue weighted by molar-refractivity contribution is -0.136. The molecule has 0 radical (unpaired) electrons. The predicted molar refractivity (Wildman–Crippen MR) is 42.4 cm³/mol. The van der Waals surface area contributed by atoms with Crippen LogP contribution in [-0.2, 0) is 11.2 Å². The van der Waals surface area contributed by atoms with E-state index in [1.54, 1.807) is 0 Å². The van der Waals surface area contributed by atoms with Crippen molar-refractivity contribution in [1.29, 1.82) is 0 Å². The van der Waals surface area contributed by atoms with Gasteiger partial charge in [0.1, 0.15) is 4.60 Å². The number of carboxylic acids is 1. The molecule has 4 nitrogen and oxygen atoms in total. The van der Waals surface area contributed by atoms with Crippen molar-refractivity contribution in [2.75, 3.05) is 0 Å². The van der Waals surface area contributed by atoms with Gasteiger partial charge in [-0.15, -0.1) is 0 Å². The summed E-state index contributed by atoms with van der Waals surface area (Å²) in [6, 6.07) is 0. The van der Waals surface area contributed by atoms with E-state index < -0.39 is 5.97 Å². The average molecular weight is 219 g/mol. The summed E-state index contributed by atoms with van der Waals surface area (Å²) in [6.07, 6.45) is -0.00949. The Morgan fingerprint density at radius 2 is 2.45 bits per heavy atom. The summed E-state index contributed by atoms with van der Waals surface area (Å²) in [5, 5.41) is 14.9. The minimum absolute atomic E-state index is 0.00949. The molecule has 5 heteroatoms. The van der Waals surface area contributed by atoms with Crippen molar-refractivity contribution in [3.05, 3.63) is 15.9 Å². The van der Waals surface area contributed by atoms with Gasteiger partial charge < -0.3 is 5.11 Å². The molecule has 0 fully saturated rings. The fourth-order valence-electron chi connectivity index (χ4n) is 0.732. The van der Waals surface area contributed by atoms with E-state index >= 15 is 0 Å². The van der Waals surface area contributed by atoms with E-state index in [4.69, 9.17) is 5.11 Å². The van der Waals surface area contributed by atoms with Gasteiger partial charge in [0.15, 0.2) is 0 Å². The number of nitrogens with one attached hydrogen (secondary N) is 1. The van der Waals surface area contributed by atoms with Crippen molar-refractivity contribution in [3.63, 3.8) is 0 Å². The van der Waals surface area contributed by atoms with Gasteiger partial charge in [0.05, 0.1) is 12.1 Å². The van der Waals surface area contributed by atoms with Crippen LogP contribution < -0.4 is 0 Å². The summed E-state index contributed by atoms with van der Waals surface area (Å²) >= 11 is 3.17. The van der Waals surface area contributed by atoms with Gasteiger partial charge in [0, 0.05) is 5.56 Å². The molecular weight excluding hydrogens is 212 g/mol. The third kappa shape index (κ3) is 1.80. The van der Waals surface area contributed by atoms with Gasteiger partial charge in [0.2, 0.25) is 0 Å². The lowest BCUT2D eigenvalue weighted by atomic mass is 10.2. The third-order valence-corrected chi connectivity index (χ3v) is 2.15. The second kappa shape index (κ2) is 3.04. The highest BCUT2D eigenvalue weighted by Crippen LogP contribution is 2.15. The highest BCUT2D eigenvalue weighted by Gasteiger charge is 2.08. The van der Waals surface area contributed by atoms with E-state index in [9.17, 15) is 4.79 Å². The summed E-state index contributed by atoms with van der Waals surface area (Å²) in [5.74, 6) is -0.857. The largest absolute Gasteiger partial charge is 0.481 e. The Labute approximate surface area is 71.7 Å². The molecule has 1 aromatic heterocycles. The normalized spacial score (nSPS) is 10.0. The zero-order chi connectivity index (χ0) is 8.43. The Bertz CT molecular complexity index is 282. The maximum absolute atomic E-state index is 10.3. The number of halogens is 1. The second-order valence-corrected chi connectivity index (χ2v) is 2.94. The zero-order valence-electron chi connectivity index (χ0n) is 5.89. The van der Waals surface area contributed by atoms with E-state index in [-0.39, 0.29) is 6.42 Å². The number of H-pyrrole nitrogens is 1. The Kier molecular flexibility index (Phi) is 2.28. The first kappa shape index (κ1) is 8.26. The van der Waals surface area contributed by atoms with Crippen molar-refractivity contribution in [3.8, 4) is 0 Å². The maximum Gasteiger partial charge on any atom is 0.309 e. The first-order valence-electron chi connectivity index (χ1n) is 3.02. The van der Waals surface area contributed by atoms with E-state index in [0.717, 1.165) is 5.56 Å². The van der Waals surface area contributed by atoms with Gasteiger partial charge in [-0.3, -0.25) is 9.89 Å². The SMILES string of the molecule is Cc1c(Br)n[nH]c1CC(=O)O. The zero-order valence-corrected chi connectivity index (χ0v) is 7.47. The molecule has 1 heterocycles. The molecule has 0 saturated heterocycles. The van der Waals surface area contributed by atoms with Crippen molar-refractivity contribution < 1.29 is 9.90 Å². The Morgan fingerprint density at radius 1 is 1.82 bits per heavy atom. The van der Waals surface area contributed by atoms with Crippen LogP contribution in [0.2, 0.25) is 0 Å². The highest BCUT2D eigenvalue weighted by molar-refractivity contribution is 9.10. The van der Waals surface area contributed by atoms with E-state index in [2.05, 4.69) is 26.1 Å². The molecule has 2 N–H and O–H groups in total. The average Bonchev–Trinajstić information content (AvgIpc) is 2.18. The van der Waals surface area contributed by atoms with Crippen LogP contribution in [0, 0.1) is 6.92 Å². The van der Waals surface area contributed by atoms with E-state index in [1.165, 1.54) is 0 Å². The highest BCUT2D eigenvalue weighted by atomic mass is 79.9. The molecule has 0 spiro atoms. The van der Waals surface area contributed by atoms with Crippen molar-refractivity contribution >= 4 is 21.9 Å². The summed E-state index contributed by atoms with van der Waals surface area (Å²) < 4.78 is 0.675. The molecule has 1 aromatic rings. The fraction of sp³-hybridized carbons (Fsp3) is 0.333. The first-order valence-corrected chi connectivity index (χ1v) is 3.81. The number of hydrogen-bond acceptors (Lipinski definition) is 2. The number of rotatable bonds is 2. The number of aromatic amines is 1. The molecule has 0 saturated carbocycles. The molecule has 1 rings (SSSR count). The Hall–Kier alpha value is -0.840. The first-order chi connectivity index (χ1) is 5.11. The topological polar surface area (TPSA) is 66.0 Å².